The predicted molar refractivity (Wildman–Crippen MR) is 330 cm³/mol. The number of carboxylic acids is 1. The van der Waals surface area contributed by atoms with Crippen LogP contribution in [0.4, 0.5) is 22.7 Å². The highest BCUT2D eigenvalue weighted by atomic mass is 16.6. The Morgan fingerprint density at radius 2 is 0.686 bits per heavy atom. The Morgan fingerprint density at radius 3 is 0.988 bits per heavy atom. The molecule has 8 N–H and O–H groups in total. The summed E-state index contributed by atoms with van der Waals surface area (Å²) in [6, 6.07) is 64.4. The molecule has 5 amide bonds. The summed E-state index contributed by atoms with van der Waals surface area (Å²) in [5.41, 5.74) is 7.44. The number of hydrogen-bond acceptors (Lipinski definition) is 13. The molecule has 19 heteroatoms. The Kier molecular flexibility index (Phi) is 28.1. The van der Waals surface area contributed by atoms with E-state index in [1.807, 2.05) is 121 Å². The number of hydrogen-bond donors (Lipinski definition) is 8. The SMILES string of the molecule is COC(=O)COc1cccc(NC(=O)/C=C/c2ccccc2)c1.O=C(/C=C/c1ccccc1)Nc1cccc(O)c1.O=C(/C=C/c1ccccc1)Nc1cccc(OCC(=O)NO)c1.O=C(O)COc1cccc(NC(=O)/C=C/c2ccccc2)c1. The largest absolute Gasteiger partial charge is 0.508 e. The van der Waals surface area contributed by atoms with Gasteiger partial charge < -0.3 is 50.4 Å². The summed E-state index contributed by atoms with van der Waals surface area (Å²) in [5.74, 6) is -1.84. The molecule has 0 bridgehead atoms. The second-order valence-electron chi connectivity index (χ2n) is 17.4. The number of carbonyl (C=O) groups excluding carboxylic acids is 6. The summed E-state index contributed by atoms with van der Waals surface area (Å²) in [7, 11) is 1.29. The zero-order valence-corrected chi connectivity index (χ0v) is 46.4. The number of aromatic hydroxyl groups is 1. The summed E-state index contributed by atoms with van der Waals surface area (Å²) >= 11 is 0. The van der Waals surface area contributed by atoms with Crippen molar-refractivity contribution in [2.75, 3.05) is 48.2 Å². The quantitative estimate of drug-likeness (QED) is 0.0144. The maximum Gasteiger partial charge on any atom is 0.343 e. The van der Waals surface area contributed by atoms with Crippen molar-refractivity contribution in [3.8, 4) is 23.0 Å². The van der Waals surface area contributed by atoms with Crippen molar-refractivity contribution in [3.05, 3.63) is 265 Å². The lowest BCUT2D eigenvalue weighted by Gasteiger charge is -2.07. The normalized spacial score (nSPS) is 10.3. The molecule has 0 aliphatic carbocycles. The third-order valence-corrected chi connectivity index (χ3v) is 10.8. The fraction of sp³-hybridized carbons (Fsp3) is 0.0597. The van der Waals surface area contributed by atoms with E-state index in [0.717, 1.165) is 22.3 Å². The minimum absolute atomic E-state index is 0.125. The van der Waals surface area contributed by atoms with E-state index in [1.165, 1.54) is 43.0 Å². The van der Waals surface area contributed by atoms with Gasteiger partial charge >= 0.3 is 11.9 Å². The van der Waals surface area contributed by atoms with Crippen molar-refractivity contribution in [3.63, 3.8) is 0 Å². The van der Waals surface area contributed by atoms with E-state index < -0.39 is 24.5 Å². The van der Waals surface area contributed by atoms with Crippen LogP contribution in [-0.4, -0.2) is 83.8 Å². The van der Waals surface area contributed by atoms with Gasteiger partial charge in [0.1, 0.15) is 23.0 Å². The topological polar surface area (TPSA) is 277 Å². The van der Waals surface area contributed by atoms with E-state index in [0.29, 0.717) is 40.0 Å². The van der Waals surface area contributed by atoms with Gasteiger partial charge in [-0.1, -0.05) is 146 Å². The average Bonchev–Trinajstić information content (AvgIpc) is 3.61. The number of anilines is 4. The number of carbonyl (C=O) groups is 7. The van der Waals surface area contributed by atoms with Crippen LogP contribution in [0.1, 0.15) is 22.3 Å². The van der Waals surface area contributed by atoms with Crippen molar-refractivity contribution in [2.45, 2.75) is 0 Å². The molecule has 0 radical (unpaired) electrons. The molecule has 0 atom stereocenters. The lowest BCUT2D eigenvalue weighted by molar-refractivity contribution is -0.143. The van der Waals surface area contributed by atoms with Gasteiger partial charge in [0, 0.05) is 71.3 Å². The first kappa shape index (κ1) is 65.0. The smallest absolute Gasteiger partial charge is 0.343 e. The first-order chi connectivity index (χ1) is 41.7. The second-order valence-corrected chi connectivity index (χ2v) is 17.4. The minimum Gasteiger partial charge on any atom is -0.508 e. The molecule has 8 aromatic rings. The van der Waals surface area contributed by atoms with Crippen molar-refractivity contribution in [1.82, 2.24) is 5.48 Å². The van der Waals surface area contributed by atoms with Gasteiger partial charge in [0.15, 0.2) is 19.8 Å². The predicted octanol–water partition coefficient (Wildman–Crippen LogP) is 11.0. The summed E-state index contributed by atoms with van der Waals surface area (Å²) < 4.78 is 20.0. The van der Waals surface area contributed by atoms with Gasteiger partial charge in [-0.2, -0.15) is 0 Å². The van der Waals surface area contributed by atoms with E-state index >= 15 is 0 Å². The molecular weight excluding hydrogens is 1100 g/mol. The molecule has 0 aliphatic rings. The Labute approximate surface area is 496 Å². The van der Waals surface area contributed by atoms with Crippen molar-refractivity contribution < 1.29 is 67.9 Å². The van der Waals surface area contributed by atoms with Gasteiger partial charge in [0.05, 0.1) is 7.11 Å². The lowest BCUT2D eigenvalue weighted by atomic mass is 10.2. The van der Waals surface area contributed by atoms with E-state index in [1.54, 1.807) is 115 Å². The summed E-state index contributed by atoms with van der Waals surface area (Å²) in [6.45, 7) is -0.922. The Balaban J connectivity index is 0.000000210. The van der Waals surface area contributed by atoms with Crippen LogP contribution < -0.4 is 41.0 Å². The Morgan fingerprint density at radius 1 is 0.384 bits per heavy atom. The third kappa shape index (κ3) is 27.6. The number of phenolic OH excluding ortho intramolecular Hbond substituents is 1. The van der Waals surface area contributed by atoms with E-state index in [9.17, 15) is 38.7 Å². The van der Waals surface area contributed by atoms with Gasteiger partial charge in [0.2, 0.25) is 23.6 Å². The first-order valence-electron chi connectivity index (χ1n) is 26.1. The van der Waals surface area contributed by atoms with Gasteiger partial charge in [-0.05, 0) is 95.1 Å². The maximum absolute atomic E-state index is 11.9. The van der Waals surface area contributed by atoms with Gasteiger partial charge in [-0.15, -0.1) is 0 Å². The second kappa shape index (κ2) is 37.2. The summed E-state index contributed by atoms with van der Waals surface area (Å²) in [6.07, 6.45) is 12.7. The molecule has 86 heavy (non-hydrogen) atoms. The maximum atomic E-state index is 11.9. The van der Waals surface area contributed by atoms with Crippen LogP contribution in [0.5, 0.6) is 23.0 Å². The molecule has 438 valence electrons. The Bertz CT molecular complexity index is 3460. The number of methoxy groups -OCH3 is 1. The number of esters is 1. The van der Waals surface area contributed by atoms with Crippen LogP contribution in [0.15, 0.2) is 243 Å². The number of carboxylic acid groups (broad SMARTS) is 1. The zero-order chi connectivity index (χ0) is 61.6. The fourth-order valence-electron chi connectivity index (χ4n) is 6.78. The molecule has 0 aromatic heterocycles. The first-order valence-corrected chi connectivity index (χ1v) is 26.1. The van der Waals surface area contributed by atoms with Crippen molar-refractivity contribution in [1.29, 1.82) is 0 Å². The Hall–Kier alpha value is -11.8. The lowest BCUT2D eigenvalue weighted by Crippen LogP contribution is -2.25. The zero-order valence-electron chi connectivity index (χ0n) is 46.4. The molecule has 0 saturated heterocycles. The molecule has 0 fully saturated rings. The van der Waals surface area contributed by atoms with E-state index in [4.69, 9.17) is 24.5 Å². The van der Waals surface area contributed by atoms with Crippen LogP contribution in [0.25, 0.3) is 24.3 Å². The minimum atomic E-state index is -1.06. The molecule has 0 aliphatic heterocycles. The van der Waals surface area contributed by atoms with Crippen LogP contribution >= 0.6 is 0 Å². The monoisotopic (exact) mass is 1160 g/mol. The third-order valence-electron chi connectivity index (χ3n) is 10.8. The number of phenols is 1. The van der Waals surface area contributed by atoms with Crippen LogP contribution in [0, 0.1) is 0 Å². The summed E-state index contributed by atoms with van der Waals surface area (Å²) in [4.78, 5) is 79.6. The molecule has 19 nitrogen and oxygen atoms in total. The molecular formula is C67H61N5O14. The number of hydroxylamine groups is 1. The number of nitrogens with one attached hydrogen (secondary N) is 5. The molecule has 0 saturated carbocycles. The molecule has 8 rings (SSSR count). The van der Waals surface area contributed by atoms with E-state index in [2.05, 4.69) is 26.0 Å². The van der Waals surface area contributed by atoms with Crippen LogP contribution in [0.2, 0.25) is 0 Å². The van der Waals surface area contributed by atoms with Crippen molar-refractivity contribution in [2.24, 2.45) is 0 Å². The number of rotatable bonds is 21. The molecule has 0 unspecified atom stereocenters. The number of ether oxygens (including phenoxy) is 4. The van der Waals surface area contributed by atoms with E-state index in [-0.39, 0.29) is 42.6 Å². The van der Waals surface area contributed by atoms with Crippen LogP contribution in [0.3, 0.4) is 0 Å². The fourth-order valence-corrected chi connectivity index (χ4v) is 6.78. The average molecular weight is 1160 g/mol. The number of amides is 5. The van der Waals surface area contributed by atoms with Gasteiger partial charge in [0.25, 0.3) is 5.91 Å². The highest BCUT2D eigenvalue weighted by Gasteiger charge is 2.07. The highest BCUT2D eigenvalue weighted by Crippen LogP contribution is 2.21. The van der Waals surface area contributed by atoms with Crippen molar-refractivity contribution >= 4 is 88.5 Å². The summed E-state index contributed by atoms with van der Waals surface area (Å²) in [5, 5.41) is 37.0. The van der Waals surface area contributed by atoms with Gasteiger partial charge in [-0.3, -0.25) is 29.2 Å². The number of aliphatic carboxylic acids is 1. The highest BCUT2D eigenvalue weighted by molar-refractivity contribution is 6.04. The standard InChI is InChI=1S/C18H17NO4.C17H16N2O4.C17H15NO4.C15H13NO2/c1-22-18(21)13-23-16-9-5-8-15(12-16)19-17(20)11-10-14-6-3-2-4-7-14;20-16(10-9-13-5-2-1-3-6-13)18-14-7-4-8-15(11-14)23-12-17(21)19-22;19-16(10-9-13-5-2-1-3-6-13)18-14-7-4-8-15(11-14)22-12-17(20)21;17-14-8-4-7-13(11-14)16-15(18)10-9-12-5-2-1-3-6-12/h2-12H,13H2,1H3,(H,19,20);1-11,22H,12H2,(H,18,20)(H,19,21);1-11H,12H2,(H,18,19)(H,20,21);1-11,17H,(H,16,18)/b11-10+;3*10-9+. The molecule has 0 spiro atoms. The number of benzene rings is 8. The van der Waals surface area contributed by atoms with Gasteiger partial charge in [-0.25, -0.2) is 15.1 Å². The molecule has 0 heterocycles. The van der Waals surface area contributed by atoms with Crippen LogP contribution in [-0.2, 0) is 38.3 Å². The molecule has 8 aromatic carbocycles.